The number of nitrogens with zero attached hydrogens (tertiary/aromatic N) is 4. The van der Waals surface area contributed by atoms with Gasteiger partial charge in [-0.25, -0.2) is 10.1 Å². The molecule has 0 amide bonds. The van der Waals surface area contributed by atoms with Crippen LogP contribution in [-0.4, -0.2) is 25.7 Å². The third-order valence-corrected chi connectivity index (χ3v) is 3.81. The summed E-state index contributed by atoms with van der Waals surface area (Å²) in [4.78, 5) is 8.27. The van der Waals surface area contributed by atoms with Crippen LogP contribution in [0.1, 0.15) is 36.9 Å². The fourth-order valence-electron chi connectivity index (χ4n) is 2.65. The molecule has 6 heteroatoms. The topological polar surface area (TPSA) is 89.0 Å². The number of fused-ring (bicyclic) bond motifs is 1. The minimum Gasteiger partial charge on any atom is -0.382 e. The van der Waals surface area contributed by atoms with E-state index >= 15 is 0 Å². The van der Waals surface area contributed by atoms with Crippen LogP contribution in [0.25, 0.3) is 5.78 Å². The number of hydrogen-bond acceptors (Lipinski definition) is 4. The van der Waals surface area contributed by atoms with E-state index in [9.17, 15) is 5.11 Å². The maximum absolute atomic E-state index is 12.1. The third-order valence-electron chi connectivity index (χ3n) is 3.81. The number of hydrogen-bond donors (Lipinski definition) is 1. The molecule has 1 atom stereocenters. The molecule has 20 heavy (non-hydrogen) atoms. The van der Waals surface area contributed by atoms with Gasteiger partial charge in [0, 0.05) is 0 Å². The fourth-order valence-corrected chi connectivity index (χ4v) is 2.65. The van der Waals surface area contributed by atoms with Crippen LogP contribution in [0.3, 0.4) is 0 Å². The molecule has 0 aromatic carbocycles. The first-order chi connectivity index (χ1) is 9.66. The highest BCUT2D eigenvalue weighted by molar-refractivity contribution is 5.57. The van der Waals surface area contributed by atoms with Gasteiger partial charge in [0.15, 0.2) is 6.10 Å². The van der Waals surface area contributed by atoms with Gasteiger partial charge in [-0.05, 0) is 25.7 Å². The third kappa shape index (κ3) is 2.21. The summed E-state index contributed by atoms with van der Waals surface area (Å²) in [5, 5.41) is 16.1. The van der Waals surface area contributed by atoms with Crippen LogP contribution >= 0.6 is 0 Å². The van der Waals surface area contributed by atoms with Gasteiger partial charge in [-0.3, -0.25) is 0 Å². The molecule has 1 aliphatic carbocycles. The van der Waals surface area contributed by atoms with E-state index in [1.807, 2.05) is 6.92 Å². The van der Waals surface area contributed by atoms with E-state index in [1.165, 1.54) is 10.8 Å². The molecular weight excluding hydrogens is 254 g/mol. The number of aryl methyl sites for hydroxylation is 1. The molecule has 1 radical (unpaired) electrons. The Morgan fingerprint density at radius 2 is 2.20 bits per heavy atom. The monoisotopic (exact) mass is 270 g/mol. The fraction of sp³-hybridized carbons (Fsp3) is 0.500. The highest BCUT2D eigenvalue weighted by Gasteiger charge is 2.23. The Morgan fingerprint density at radius 1 is 1.45 bits per heavy atom. The van der Waals surface area contributed by atoms with Gasteiger partial charge in [0.2, 0.25) is 0 Å². The van der Waals surface area contributed by atoms with Gasteiger partial charge in [-0.15, -0.1) is 0 Å². The zero-order valence-electron chi connectivity index (χ0n) is 11.3. The predicted molar refractivity (Wildman–Crippen MR) is 73.2 cm³/mol. The standard InChI is InChI=1S/C14H16N5O/c1-9-11(6-7-12(20)10-4-2-3-5-10)13(15)19-14(18-9)16-8-17-19/h8,10,12H,2-5,15H2,1H3. The first-order valence-corrected chi connectivity index (χ1v) is 6.80. The number of nitrogen functional groups attached to an aromatic ring is 1. The van der Waals surface area contributed by atoms with Crippen LogP contribution in [0.15, 0.2) is 6.33 Å². The van der Waals surface area contributed by atoms with Crippen molar-refractivity contribution in [1.82, 2.24) is 19.6 Å². The summed E-state index contributed by atoms with van der Waals surface area (Å²) in [6, 6.07) is 0. The lowest BCUT2D eigenvalue weighted by molar-refractivity contribution is 0.0863. The van der Waals surface area contributed by atoms with Crippen LogP contribution in [0, 0.1) is 24.7 Å². The molecule has 2 N–H and O–H groups in total. The molecule has 1 unspecified atom stereocenters. The van der Waals surface area contributed by atoms with Gasteiger partial charge in [-0.1, -0.05) is 24.7 Å². The molecule has 0 spiro atoms. The van der Waals surface area contributed by atoms with Gasteiger partial charge < -0.3 is 5.73 Å². The van der Waals surface area contributed by atoms with Gasteiger partial charge in [0.25, 0.3) is 5.78 Å². The lowest BCUT2D eigenvalue weighted by atomic mass is 10.0. The Labute approximate surface area is 117 Å². The second kappa shape index (κ2) is 5.10. The average molecular weight is 270 g/mol. The molecule has 2 aromatic heterocycles. The zero-order chi connectivity index (χ0) is 14.1. The van der Waals surface area contributed by atoms with Crippen LogP contribution in [0.2, 0.25) is 0 Å². The van der Waals surface area contributed by atoms with Crippen molar-refractivity contribution in [2.75, 3.05) is 5.73 Å². The molecule has 1 fully saturated rings. The van der Waals surface area contributed by atoms with Crippen molar-refractivity contribution in [3.05, 3.63) is 17.6 Å². The van der Waals surface area contributed by atoms with Crippen molar-refractivity contribution in [2.45, 2.75) is 38.7 Å². The summed E-state index contributed by atoms with van der Waals surface area (Å²) in [7, 11) is 0. The van der Waals surface area contributed by atoms with Crippen molar-refractivity contribution in [2.24, 2.45) is 5.92 Å². The Morgan fingerprint density at radius 3 is 2.95 bits per heavy atom. The molecule has 2 heterocycles. The molecule has 1 aliphatic rings. The summed E-state index contributed by atoms with van der Waals surface area (Å²) >= 11 is 0. The lowest BCUT2D eigenvalue weighted by Gasteiger charge is -2.08. The molecule has 6 nitrogen and oxygen atoms in total. The number of rotatable bonds is 1. The Bertz CT molecular complexity index is 691. The van der Waals surface area contributed by atoms with Crippen molar-refractivity contribution in [3.8, 4) is 11.8 Å². The summed E-state index contributed by atoms with van der Waals surface area (Å²) in [6.07, 6.45) is 4.79. The van der Waals surface area contributed by atoms with Gasteiger partial charge >= 0.3 is 0 Å². The Hall–Kier alpha value is -2.13. The number of nitrogens with two attached hydrogens (primary N) is 1. The number of aromatic nitrogens is 4. The van der Waals surface area contributed by atoms with E-state index in [1.54, 1.807) is 0 Å². The van der Waals surface area contributed by atoms with E-state index in [0.29, 0.717) is 22.9 Å². The Kier molecular flexibility index (Phi) is 3.28. The van der Waals surface area contributed by atoms with Gasteiger partial charge in [0.05, 0.1) is 11.3 Å². The zero-order valence-corrected chi connectivity index (χ0v) is 11.3. The summed E-state index contributed by atoms with van der Waals surface area (Å²) in [5.41, 5.74) is 7.27. The van der Waals surface area contributed by atoms with Crippen molar-refractivity contribution in [3.63, 3.8) is 0 Å². The smallest absolute Gasteiger partial charge is 0.254 e. The molecule has 103 valence electrons. The molecule has 2 aromatic rings. The van der Waals surface area contributed by atoms with Crippen molar-refractivity contribution < 1.29 is 5.11 Å². The summed E-state index contributed by atoms with van der Waals surface area (Å²) < 4.78 is 1.44. The highest BCUT2D eigenvalue weighted by atomic mass is 16.3. The lowest BCUT2D eigenvalue weighted by Crippen LogP contribution is -2.13. The average Bonchev–Trinajstić information content (AvgIpc) is 3.08. The normalized spacial score (nSPS) is 17.1. The second-order valence-electron chi connectivity index (χ2n) is 5.16. The van der Waals surface area contributed by atoms with Crippen LogP contribution in [-0.2, 0) is 5.11 Å². The maximum Gasteiger partial charge on any atom is 0.254 e. The van der Waals surface area contributed by atoms with Crippen LogP contribution in [0.5, 0.6) is 0 Å². The molecule has 0 bridgehead atoms. The van der Waals surface area contributed by atoms with Crippen molar-refractivity contribution in [1.29, 1.82) is 0 Å². The first-order valence-electron chi connectivity index (χ1n) is 6.80. The minimum atomic E-state index is -0.845. The largest absolute Gasteiger partial charge is 0.382 e. The first kappa shape index (κ1) is 12.9. The van der Waals surface area contributed by atoms with E-state index < -0.39 is 6.10 Å². The quantitative estimate of drug-likeness (QED) is 0.792. The predicted octanol–water partition coefficient (Wildman–Crippen LogP) is 1.36. The highest BCUT2D eigenvalue weighted by Crippen LogP contribution is 2.27. The number of anilines is 1. The van der Waals surface area contributed by atoms with Gasteiger partial charge in [-0.2, -0.15) is 14.6 Å². The minimum absolute atomic E-state index is 0.173. The molecule has 0 saturated heterocycles. The maximum atomic E-state index is 12.1. The second-order valence-corrected chi connectivity index (χ2v) is 5.16. The SMILES string of the molecule is Cc1nc2ncnn2c(N)c1C#CC([O])C1CCCC1. The Balaban J connectivity index is 1.94. The summed E-state index contributed by atoms with van der Waals surface area (Å²) in [5.74, 6) is 6.70. The van der Waals surface area contributed by atoms with E-state index in [-0.39, 0.29) is 5.92 Å². The van der Waals surface area contributed by atoms with Crippen LogP contribution < -0.4 is 5.73 Å². The van der Waals surface area contributed by atoms with Crippen molar-refractivity contribution >= 4 is 11.6 Å². The van der Waals surface area contributed by atoms with E-state index in [0.717, 1.165) is 25.7 Å². The van der Waals surface area contributed by atoms with E-state index in [2.05, 4.69) is 26.9 Å². The molecule has 0 aliphatic heterocycles. The molecule has 3 rings (SSSR count). The molecule has 1 saturated carbocycles. The molecular formula is C14H16N5O. The van der Waals surface area contributed by atoms with Gasteiger partial charge in [0.1, 0.15) is 12.1 Å². The van der Waals surface area contributed by atoms with E-state index in [4.69, 9.17) is 5.73 Å². The summed E-state index contributed by atoms with van der Waals surface area (Å²) in [6.45, 7) is 1.81. The van der Waals surface area contributed by atoms with Crippen LogP contribution in [0.4, 0.5) is 5.82 Å².